The summed E-state index contributed by atoms with van der Waals surface area (Å²) in [5.74, 6) is 2.35. The molecule has 1 aromatic heterocycles. The van der Waals surface area contributed by atoms with Crippen LogP contribution in [-0.2, 0) is 11.3 Å². The van der Waals surface area contributed by atoms with Crippen molar-refractivity contribution in [2.24, 2.45) is 0 Å². The average Bonchev–Trinajstić information content (AvgIpc) is 3.22. The Balaban J connectivity index is 2.03. The maximum Gasteiger partial charge on any atom is 0.227 e. The minimum atomic E-state index is -0.620. The van der Waals surface area contributed by atoms with Crippen LogP contribution in [0.3, 0.4) is 0 Å². The van der Waals surface area contributed by atoms with Gasteiger partial charge in [0.2, 0.25) is 5.88 Å². The molecule has 0 aliphatic carbocycles. The van der Waals surface area contributed by atoms with Crippen LogP contribution in [0.4, 0.5) is 0 Å². The Hall–Kier alpha value is -3.13. The minimum absolute atomic E-state index is 0.174. The second-order valence-electron chi connectivity index (χ2n) is 9.35. The van der Waals surface area contributed by atoms with Crippen LogP contribution in [-0.4, -0.2) is 58.8 Å². The number of methoxy groups -OCH3 is 1. The molecule has 0 spiro atoms. The molecule has 7 heteroatoms. The van der Waals surface area contributed by atoms with Crippen LogP contribution >= 0.6 is 0 Å². The van der Waals surface area contributed by atoms with E-state index in [1.54, 1.807) is 13.2 Å². The van der Waals surface area contributed by atoms with E-state index in [0.29, 0.717) is 25.6 Å². The van der Waals surface area contributed by atoms with Gasteiger partial charge < -0.3 is 19.3 Å². The molecule has 0 bridgehead atoms. The van der Waals surface area contributed by atoms with E-state index in [-0.39, 0.29) is 18.6 Å². The van der Waals surface area contributed by atoms with E-state index in [1.807, 2.05) is 59.3 Å². The van der Waals surface area contributed by atoms with Crippen LogP contribution in [0.15, 0.2) is 67.3 Å². The van der Waals surface area contributed by atoms with Crippen LogP contribution in [0.1, 0.15) is 44.9 Å². The lowest BCUT2D eigenvalue weighted by molar-refractivity contribution is 0.0176. The van der Waals surface area contributed by atoms with E-state index in [4.69, 9.17) is 19.3 Å². The smallest absolute Gasteiger partial charge is 0.227 e. The van der Waals surface area contributed by atoms with Gasteiger partial charge in [-0.1, -0.05) is 38.1 Å². The van der Waals surface area contributed by atoms with Crippen molar-refractivity contribution in [2.75, 3.05) is 26.9 Å². The normalized spacial score (nSPS) is 12.4. The number of aromatic nitrogens is 2. The van der Waals surface area contributed by atoms with E-state index >= 15 is 0 Å². The van der Waals surface area contributed by atoms with Gasteiger partial charge in [0, 0.05) is 19.1 Å². The van der Waals surface area contributed by atoms with Gasteiger partial charge in [0.25, 0.3) is 0 Å². The van der Waals surface area contributed by atoms with E-state index in [2.05, 4.69) is 39.2 Å². The predicted octanol–water partition coefficient (Wildman–Crippen LogP) is 5.57. The van der Waals surface area contributed by atoms with Crippen molar-refractivity contribution < 1.29 is 19.3 Å². The highest BCUT2D eigenvalue weighted by molar-refractivity contribution is 5.46. The van der Waals surface area contributed by atoms with Gasteiger partial charge in [-0.25, -0.2) is 4.68 Å². The van der Waals surface area contributed by atoms with E-state index in [1.165, 1.54) is 0 Å². The summed E-state index contributed by atoms with van der Waals surface area (Å²) < 4.78 is 19.2. The summed E-state index contributed by atoms with van der Waals surface area (Å²) in [4.78, 5) is 2.22. The molecule has 0 saturated heterocycles. The number of benzene rings is 2. The maximum absolute atomic E-state index is 10.6. The van der Waals surface area contributed by atoms with Crippen LogP contribution in [0.5, 0.6) is 17.4 Å². The largest absolute Gasteiger partial charge is 0.497 e. The molecule has 3 aromatic rings. The highest BCUT2D eigenvalue weighted by Crippen LogP contribution is 2.35. The standard InChI is InChI=1S/C29H39N3O4/c1-7-17-35-20-24(33)18-31(22(4)5)19-27-28(21(2)3)30-32(23-13-15-25(34-6)16-14-23)29(27)36-26-11-9-8-10-12-26/h7-16,21-22,24,33H,1,17-20H2,2-6H3/t24-/m0/s1. The quantitative estimate of drug-likeness (QED) is 0.234. The van der Waals surface area contributed by atoms with Crippen LogP contribution < -0.4 is 9.47 Å². The Bertz CT molecular complexity index is 1080. The molecule has 1 N–H and O–H groups in total. The maximum atomic E-state index is 10.6. The third-order valence-electron chi connectivity index (χ3n) is 5.87. The molecule has 0 unspecified atom stereocenters. The van der Waals surface area contributed by atoms with Gasteiger partial charge in [0.05, 0.1) is 43.4 Å². The number of aliphatic hydroxyl groups excluding tert-OH is 1. The third kappa shape index (κ3) is 7.20. The Morgan fingerprint density at radius 3 is 2.31 bits per heavy atom. The summed E-state index contributed by atoms with van der Waals surface area (Å²) in [6.45, 7) is 13.9. The van der Waals surface area contributed by atoms with Gasteiger partial charge >= 0.3 is 0 Å². The van der Waals surface area contributed by atoms with Gasteiger partial charge in [-0.15, -0.1) is 6.58 Å². The fourth-order valence-corrected chi connectivity index (χ4v) is 3.94. The van der Waals surface area contributed by atoms with Crippen LogP contribution in [0.2, 0.25) is 0 Å². The van der Waals surface area contributed by atoms with Crippen molar-refractivity contribution in [3.05, 3.63) is 78.5 Å². The molecule has 36 heavy (non-hydrogen) atoms. The predicted molar refractivity (Wildman–Crippen MR) is 143 cm³/mol. The van der Waals surface area contributed by atoms with Crippen molar-refractivity contribution in [3.63, 3.8) is 0 Å². The van der Waals surface area contributed by atoms with Crippen LogP contribution in [0, 0.1) is 0 Å². The zero-order valence-electron chi connectivity index (χ0n) is 22.1. The summed E-state index contributed by atoms with van der Waals surface area (Å²) in [6, 6.07) is 17.7. The lowest BCUT2D eigenvalue weighted by Crippen LogP contribution is -2.39. The zero-order chi connectivity index (χ0) is 26.1. The van der Waals surface area contributed by atoms with Gasteiger partial charge in [-0.2, -0.15) is 5.10 Å². The summed E-state index contributed by atoms with van der Waals surface area (Å²) in [5.41, 5.74) is 2.83. The molecule has 0 aliphatic heterocycles. The first-order valence-electron chi connectivity index (χ1n) is 12.4. The first-order chi connectivity index (χ1) is 17.3. The molecule has 0 radical (unpaired) electrons. The second-order valence-corrected chi connectivity index (χ2v) is 9.35. The SMILES string of the molecule is C=CCOC[C@@H](O)CN(Cc1c(C(C)C)nn(-c2ccc(OC)cc2)c1Oc1ccccc1)C(C)C. The molecule has 0 saturated carbocycles. The first kappa shape index (κ1) is 27.5. The van der Waals surface area contributed by atoms with E-state index in [9.17, 15) is 5.11 Å². The lowest BCUT2D eigenvalue weighted by atomic mass is 10.0. The summed E-state index contributed by atoms with van der Waals surface area (Å²) in [7, 11) is 1.65. The van der Waals surface area contributed by atoms with Crippen molar-refractivity contribution in [1.82, 2.24) is 14.7 Å². The van der Waals surface area contributed by atoms with Gasteiger partial charge in [-0.3, -0.25) is 4.90 Å². The minimum Gasteiger partial charge on any atom is -0.497 e. The molecule has 0 amide bonds. The fourth-order valence-electron chi connectivity index (χ4n) is 3.94. The van der Waals surface area contributed by atoms with Crippen molar-refractivity contribution in [1.29, 1.82) is 0 Å². The molecule has 194 valence electrons. The monoisotopic (exact) mass is 493 g/mol. The molecule has 0 aliphatic rings. The number of ether oxygens (including phenoxy) is 3. The third-order valence-corrected chi connectivity index (χ3v) is 5.87. The highest BCUT2D eigenvalue weighted by atomic mass is 16.5. The zero-order valence-corrected chi connectivity index (χ0v) is 22.1. The number of aliphatic hydroxyl groups is 1. The average molecular weight is 494 g/mol. The van der Waals surface area contributed by atoms with Crippen molar-refractivity contribution in [2.45, 2.75) is 52.3 Å². The Kier molecular flexibility index (Phi) is 10.1. The topological polar surface area (TPSA) is 69.0 Å². The van der Waals surface area contributed by atoms with E-state index < -0.39 is 6.10 Å². The Morgan fingerprint density at radius 2 is 1.72 bits per heavy atom. The fraction of sp³-hybridized carbons (Fsp3) is 0.414. The number of hydrogen-bond donors (Lipinski definition) is 1. The molecular formula is C29H39N3O4. The molecular weight excluding hydrogens is 454 g/mol. The first-order valence-corrected chi connectivity index (χ1v) is 12.4. The Labute approximate surface area is 214 Å². The van der Waals surface area contributed by atoms with Gasteiger partial charge in [0.15, 0.2) is 0 Å². The van der Waals surface area contributed by atoms with Crippen LogP contribution in [0.25, 0.3) is 5.69 Å². The number of rotatable bonds is 14. The second kappa shape index (κ2) is 13.3. The molecule has 1 atom stereocenters. The molecule has 2 aromatic carbocycles. The molecule has 0 fully saturated rings. The number of nitrogens with zero attached hydrogens (tertiary/aromatic N) is 3. The van der Waals surface area contributed by atoms with Gasteiger partial charge in [-0.05, 0) is 56.2 Å². The summed E-state index contributed by atoms with van der Waals surface area (Å²) in [6.07, 6.45) is 1.06. The lowest BCUT2D eigenvalue weighted by Gasteiger charge is -2.29. The van der Waals surface area contributed by atoms with Crippen molar-refractivity contribution >= 4 is 0 Å². The highest BCUT2D eigenvalue weighted by Gasteiger charge is 2.26. The van der Waals surface area contributed by atoms with Gasteiger partial charge in [0.1, 0.15) is 11.5 Å². The summed E-state index contributed by atoms with van der Waals surface area (Å²) in [5, 5.41) is 15.6. The molecule has 7 nitrogen and oxygen atoms in total. The molecule has 1 heterocycles. The number of para-hydroxylation sites is 1. The molecule has 3 rings (SSSR count). The number of hydrogen-bond acceptors (Lipinski definition) is 6. The Morgan fingerprint density at radius 1 is 1.03 bits per heavy atom. The van der Waals surface area contributed by atoms with Crippen molar-refractivity contribution in [3.8, 4) is 23.1 Å². The van der Waals surface area contributed by atoms with E-state index in [0.717, 1.165) is 28.4 Å². The summed E-state index contributed by atoms with van der Waals surface area (Å²) >= 11 is 0.